The number of aromatic nitrogens is 5. The summed E-state index contributed by atoms with van der Waals surface area (Å²) >= 11 is 0. The van der Waals surface area contributed by atoms with Crippen molar-refractivity contribution in [3.63, 3.8) is 0 Å². The lowest BCUT2D eigenvalue weighted by atomic mass is 10.2. The van der Waals surface area contributed by atoms with Crippen LogP contribution in [0.4, 0.5) is 21.7 Å². The van der Waals surface area contributed by atoms with Gasteiger partial charge in [0.2, 0.25) is 21.9 Å². The molecule has 7 rings (SSSR count). The van der Waals surface area contributed by atoms with Gasteiger partial charge < -0.3 is 20.0 Å². The minimum atomic E-state index is -3.82. The molecule has 6 heterocycles. The van der Waals surface area contributed by atoms with Gasteiger partial charge in [0.05, 0.1) is 22.5 Å². The molecule has 1 aromatic carbocycles. The van der Waals surface area contributed by atoms with E-state index in [1.807, 2.05) is 23.2 Å². The number of rotatable bonds is 7. The molecule has 15 heteroatoms. The van der Waals surface area contributed by atoms with Gasteiger partial charge in [-0.15, -0.1) is 5.10 Å². The Balaban J connectivity index is 1.05. The summed E-state index contributed by atoms with van der Waals surface area (Å²) in [4.78, 5) is 23.7. The Morgan fingerprint density at radius 2 is 1.84 bits per heavy atom. The molecule has 3 fully saturated rings. The molecule has 2 atom stereocenters. The Morgan fingerprint density at radius 3 is 2.58 bits per heavy atom. The molecule has 2 bridgehead atoms. The topological polar surface area (TPSA) is 124 Å². The number of likely N-dealkylation sites (N-methyl/N-ethyl adjacent to an activating group) is 1. The fourth-order valence-corrected chi connectivity index (χ4v) is 8.22. The number of piperazine rings is 2. The Bertz CT molecular complexity index is 1750. The van der Waals surface area contributed by atoms with E-state index in [1.54, 1.807) is 25.9 Å². The summed E-state index contributed by atoms with van der Waals surface area (Å²) in [6.45, 7) is 4.32. The van der Waals surface area contributed by atoms with Crippen molar-refractivity contribution in [1.82, 2.24) is 38.5 Å². The number of pyridine rings is 1. The minimum absolute atomic E-state index is 0.0138. The van der Waals surface area contributed by atoms with E-state index < -0.39 is 15.8 Å². The van der Waals surface area contributed by atoms with Gasteiger partial charge in [-0.3, -0.25) is 9.48 Å². The molecule has 0 saturated carbocycles. The standard InChI is InChI=1S/C28H33FN10O3S/c1-34-10-12-35(13-11-34)26(40)19-37-16-21(15-30-37)31-28-32-27-25(6-3-9-38(27)33-28)36-17-22-7-8-23(18-36)39(22)43(41,42)24-5-2-4-20(29)14-24/h2-6,9,14-16,22-23H,7-8,10-13,17-19H2,1H3,(H,31,33). The maximum Gasteiger partial charge on any atom is 0.247 e. The van der Waals surface area contributed by atoms with Gasteiger partial charge in [0.25, 0.3) is 0 Å². The van der Waals surface area contributed by atoms with Crippen molar-refractivity contribution in [3.8, 4) is 0 Å². The molecule has 1 N–H and O–H groups in total. The van der Waals surface area contributed by atoms with E-state index >= 15 is 0 Å². The predicted molar refractivity (Wildman–Crippen MR) is 157 cm³/mol. The minimum Gasteiger partial charge on any atom is -0.365 e. The second kappa shape index (κ2) is 10.9. The molecule has 0 radical (unpaired) electrons. The normalized spacial score (nSPS) is 21.5. The van der Waals surface area contributed by atoms with E-state index in [0.717, 1.165) is 37.7 Å². The lowest BCUT2D eigenvalue weighted by Gasteiger charge is -2.41. The third-order valence-electron chi connectivity index (χ3n) is 8.51. The molecule has 3 aliphatic heterocycles. The average Bonchev–Trinajstić information content (AvgIpc) is 3.68. The first kappa shape index (κ1) is 27.7. The molecule has 4 aromatic rings. The van der Waals surface area contributed by atoms with Gasteiger partial charge in [-0.25, -0.2) is 17.3 Å². The van der Waals surface area contributed by atoms with E-state index in [-0.39, 0.29) is 29.4 Å². The number of carbonyl (C=O) groups excluding carboxylic acids is 1. The number of nitrogens with zero attached hydrogens (tertiary/aromatic N) is 9. The third kappa shape index (κ3) is 5.32. The van der Waals surface area contributed by atoms with Crippen molar-refractivity contribution < 1.29 is 17.6 Å². The van der Waals surface area contributed by atoms with Gasteiger partial charge in [0, 0.05) is 63.7 Å². The molecule has 3 aliphatic rings. The van der Waals surface area contributed by atoms with Crippen LogP contribution in [0.1, 0.15) is 12.8 Å². The van der Waals surface area contributed by atoms with Crippen LogP contribution in [-0.2, 0) is 21.4 Å². The number of halogens is 1. The van der Waals surface area contributed by atoms with Crippen molar-refractivity contribution in [2.45, 2.75) is 36.4 Å². The summed E-state index contributed by atoms with van der Waals surface area (Å²) in [5.41, 5.74) is 2.16. The Hall–Kier alpha value is -4.08. The maximum atomic E-state index is 13.8. The Kier molecular flexibility index (Phi) is 7.02. The number of hydrogen-bond donors (Lipinski definition) is 1. The van der Waals surface area contributed by atoms with Crippen LogP contribution >= 0.6 is 0 Å². The Morgan fingerprint density at radius 1 is 1.07 bits per heavy atom. The molecule has 13 nitrogen and oxygen atoms in total. The highest BCUT2D eigenvalue weighted by molar-refractivity contribution is 7.89. The van der Waals surface area contributed by atoms with Crippen LogP contribution in [0.3, 0.4) is 0 Å². The molecular formula is C28H33FN10O3S. The fraction of sp³-hybridized carbons (Fsp3) is 0.429. The van der Waals surface area contributed by atoms with E-state index in [9.17, 15) is 17.6 Å². The number of fused-ring (bicyclic) bond motifs is 3. The molecule has 0 spiro atoms. The van der Waals surface area contributed by atoms with E-state index in [0.29, 0.717) is 43.5 Å². The molecule has 3 saturated heterocycles. The highest BCUT2D eigenvalue weighted by atomic mass is 32.2. The maximum absolute atomic E-state index is 13.8. The van der Waals surface area contributed by atoms with Crippen molar-refractivity contribution >= 4 is 38.9 Å². The molecule has 226 valence electrons. The highest BCUT2D eigenvalue weighted by Crippen LogP contribution is 2.38. The predicted octanol–water partition coefficient (Wildman–Crippen LogP) is 1.62. The Labute approximate surface area is 248 Å². The van der Waals surface area contributed by atoms with Crippen LogP contribution in [-0.4, -0.2) is 111 Å². The van der Waals surface area contributed by atoms with E-state index in [4.69, 9.17) is 4.98 Å². The van der Waals surface area contributed by atoms with Crippen molar-refractivity contribution in [3.05, 3.63) is 60.8 Å². The van der Waals surface area contributed by atoms with Crippen LogP contribution < -0.4 is 10.2 Å². The lowest BCUT2D eigenvalue weighted by Crippen LogP contribution is -2.55. The molecule has 0 aliphatic carbocycles. The largest absolute Gasteiger partial charge is 0.365 e. The zero-order valence-electron chi connectivity index (χ0n) is 23.8. The second-order valence-electron chi connectivity index (χ2n) is 11.4. The summed E-state index contributed by atoms with van der Waals surface area (Å²) in [5.74, 6) is -0.148. The van der Waals surface area contributed by atoms with Crippen molar-refractivity contribution in [2.75, 3.05) is 56.5 Å². The second-order valence-corrected chi connectivity index (χ2v) is 13.3. The smallest absolute Gasteiger partial charge is 0.247 e. The van der Waals surface area contributed by atoms with Crippen LogP contribution in [0.25, 0.3) is 5.65 Å². The van der Waals surface area contributed by atoms with Gasteiger partial charge in [-0.1, -0.05) is 6.07 Å². The van der Waals surface area contributed by atoms with Crippen LogP contribution in [0.5, 0.6) is 0 Å². The average molecular weight is 609 g/mol. The highest BCUT2D eigenvalue weighted by Gasteiger charge is 2.47. The fourth-order valence-electron chi connectivity index (χ4n) is 6.33. The molecule has 2 unspecified atom stereocenters. The third-order valence-corrected chi connectivity index (χ3v) is 10.5. The first-order valence-electron chi connectivity index (χ1n) is 14.4. The number of carbonyl (C=O) groups is 1. The van der Waals surface area contributed by atoms with Crippen LogP contribution in [0, 0.1) is 5.82 Å². The number of hydrogen-bond acceptors (Lipinski definition) is 9. The van der Waals surface area contributed by atoms with E-state index in [2.05, 4.69) is 32.4 Å². The van der Waals surface area contributed by atoms with Gasteiger partial charge in [-0.05, 0) is 50.2 Å². The number of sulfonamides is 1. The van der Waals surface area contributed by atoms with Crippen molar-refractivity contribution in [1.29, 1.82) is 0 Å². The monoisotopic (exact) mass is 608 g/mol. The summed E-state index contributed by atoms with van der Waals surface area (Å²) in [6.07, 6.45) is 6.68. The quantitative estimate of drug-likeness (QED) is 0.333. The van der Waals surface area contributed by atoms with Gasteiger partial charge in [-0.2, -0.15) is 14.4 Å². The summed E-state index contributed by atoms with van der Waals surface area (Å²) in [7, 11) is -1.77. The molecule has 1 amide bonds. The van der Waals surface area contributed by atoms with Crippen LogP contribution in [0.15, 0.2) is 59.9 Å². The van der Waals surface area contributed by atoms with Crippen molar-refractivity contribution in [2.24, 2.45) is 0 Å². The first-order chi connectivity index (χ1) is 20.7. The summed E-state index contributed by atoms with van der Waals surface area (Å²) in [6, 6.07) is 8.60. The van der Waals surface area contributed by atoms with E-state index in [1.165, 1.54) is 18.2 Å². The molecule has 3 aromatic heterocycles. The number of nitrogens with one attached hydrogen (secondary N) is 1. The van der Waals surface area contributed by atoms with Gasteiger partial charge >= 0.3 is 0 Å². The SMILES string of the molecule is CN1CCN(C(=O)Cn2cc(Nc3nc4c(N5CC6CCC(C5)N6S(=O)(=O)c5cccc(F)c5)cccn4n3)cn2)CC1. The number of amides is 1. The zero-order valence-corrected chi connectivity index (χ0v) is 24.6. The lowest BCUT2D eigenvalue weighted by molar-refractivity contribution is -0.133. The molecular weight excluding hydrogens is 575 g/mol. The van der Waals surface area contributed by atoms with Gasteiger partial charge in [0.15, 0.2) is 5.65 Å². The van der Waals surface area contributed by atoms with Gasteiger partial charge in [0.1, 0.15) is 12.4 Å². The zero-order chi connectivity index (χ0) is 29.7. The number of anilines is 3. The number of benzene rings is 1. The summed E-state index contributed by atoms with van der Waals surface area (Å²) < 4.78 is 45.6. The first-order valence-corrected chi connectivity index (χ1v) is 15.8. The summed E-state index contributed by atoms with van der Waals surface area (Å²) in [5, 5.41) is 12.1. The molecule has 43 heavy (non-hydrogen) atoms. The van der Waals surface area contributed by atoms with Crippen LogP contribution in [0.2, 0.25) is 0 Å².